The number of nitrogens with zero attached hydrogens (tertiary/aromatic N) is 2. The first kappa shape index (κ1) is 16.4. The quantitative estimate of drug-likeness (QED) is 0.410. The highest BCUT2D eigenvalue weighted by molar-refractivity contribution is 7.89. The van der Waals surface area contributed by atoms with Crippen molar-refractivity contribution in [2.45, 2.75) is 4.90 Å². The molecule has 22 heavy (non-hydrogen) atoms. The van der Waals surface area contributed by atoms with Gasteiger partial charge in [-0.1, -0.05) is 16.2 Å². The number of morpholine rings is 1. The number of nitrogens with one attached hydrogen (secondary N) is 1. The third-order valence-corrected chi connectivity index (χ3v) is 5.05. The molecule has 0 saturated carbocycles. The van der Waals surface area contributed by atoms with Gasteiger partial charge < -0.3 is 9.94 Å². The van der Waals surface area contributed by atoms with Crippen molar-refractivity contribution in [3.05, 3.63) is 21.1 Å². The highest BCUT2D eigenvalue weighted by Crippen LogP contribution is 2.33. The molecule has 1 aromatic heterocycles. The second-order valence-corrected chi connectivity index (χ2v) is 6.69. The van der Waals surface area contributed by atoms with Gasteiger partial charge >= 0.3 is 5.00 Å². The van der Waals surface area contributed by atoms with Crippen LogP contribution in [0, 0.1) is 10.1 Å². The second kappa shape index (κ2) is 6.05. The minimum Gasteiger partial charge on any atom is -0.370 e. The maximum absolute atomic E-state index is 12.3. The minimum absolute atomic E-state index is 0.0747. The van der Waals surface area contributed by atoms with E-state index in [9.17, 15) is 28.1 Å². The highest BCUT2D eigenvalue weighted by atomic mass is 32.2. The predicted octanol–water partition coefficient (Wildman–Crippen LogP) is -0.677. The minimum atomic E-state index is -4.52. The number of rotatable bonds is 4. The topological polar surface area (TPSA) is 156 Å². The third kappa shape index (κ3) is 2.97. The second-order valence-electron chi connectivity index (χ2n) is 4.03. The van der Waals surface area contributed by atoms with Gasteiger partial charge in [-0.3, -0.25) is 24.6 Å². The third-order valence-electron chi connectivity index (χ3n) is 2.70. The Labute approximate surface area is 127 Å². The molecule has 2 heterocycles. The van der Waals surface area contributed by atoms with E-state index < -0.39 is 41.5 Å². The lowest BCUT2D eigenvalue weighted by molar-refractivity contribution is -0.380. The van der Waals surface area contributed by atoms with Crippen molar-refractivity contribution < 1.29 is 32.9 Å². The van der Waals surface area contributed by atoms with E-state index in [0.29, 0.717) is 17.4 Å². The molecule has 1 fully saturated rings. The zero-order valence-electron chi connectivity index (χ0n) is 10.7. The Morgan fingerprint density at radius 3 is 2.77 bits per heavy atom. The van der Waals surface area contributed by atoms with Crippen LogP contribution in [-0.4, -0.2) is 55.0 Å². The van der Waals surface area contributed by atoms with Gasteiger partial charge in [0.05, 0.1) is 18.1 Å². The number of sulfonamides is 1. The molecule has 2 rings (SSSR count). The van der Waals surface area contributed by atoms with Gasteiger partial charge in [-0.25, -0.2) is 8.42 Å². The van der Waals surface area contributed by atoms with Gasteiger partial charge in [0.1, 0.15) is 16.4 Å². The van der Waals surface area contributed by atoms with Crippen LogP contribution in [0.25, 0.3) is 0 Å². The van der Waals surface area contributed by atoms with Crippen LogP contribution >= 0.6 is 11.3 Å². The lowest BCUT2D eigenvalue weighted by Crippen LogP contribution is -2.45. The van der Waals surface area contributed by atoms with Crippen LogP contribution in [0.4, 0.5) is 5.00 Å². The largest absolute Gasteiger partial charge is 0.370 e. The van der Waals surface area contributed by atoms with E-state index in [1.807, 2.05) is 0 Å². The summed E-state index contributed by atoms with van der Waals surface area (Å²) < 4.78 is 28.2. The molecule has 0 aliphatic carbocycles. The Morgan fingerprint density at radius 2 is 2.23 bits per heavy atom. The number of hydrogen-bond donors (Lipinski definition) is 2. The number of carbonyl (C=O) groups excluding carboxylic acids is 2. The predicted molar refractivity (Wildman–Crippen MR) is 69.9 cm³/mol. The number of carbonyl (C=O) groups is 2. The van der Waals surface area contributed by atoms with Crippen LogP contribution in [-0.2, 0) is 19.6 Å². The molecule has 120 valence electrons. The Balaban J connectivity index is 2.51. The molecule has 2 N–H and O–H groups in total. The summed E-state index contributed by atoms with van der Waals surface area (Å²) in [6, 6.07) is 0.640. The van der Waals surface area contributed by atoms with Gasteiger partial charge in [0, 0.05) is 6.07 Å². The molecule has 0 atom stereocenters. The summed E-state index contributed by atoms with van der Waals surface area (Å²) in [5.41, 5.74) is 0. The average molecular weight is 351 g/mol. The molecule has 0 unspecified atom stereocenters. The van der Waals surface area contributed by atoms with Crippen molar-refractivity contribution in [2.24, 2.45) is 0 Å². The van der Waals surface area contributed by atoms with Crippen LogP contribution in [0.15, 0.2) is 11.0 Å². The van der Waals surface area contributed by atoms with Crippen LogP contribution < -0.4 is 4.89 Å². The van der Waals surface area contributed by atoms with Gasteiger partial charge in [-0.15, -0.1) is 0 Å². The first-order chi connectivity index (χ1) is 10.3. The molecule has 11 nitrogen and oxygen atoms in total. The van der Waals surface area contributed by atoms with Crippen LogP contribution in [0.2, 0.25) is 0 Å². The molecular formula is C9H9N3O8S2. The summed E-state index contributed by atoms with van der Waals surface area (Å²) >= 11 is 0.300. The highest BCUT2D eigenvalue weighted by Gasteiger charge is 2.35. The molecule has 1 aliphatic rings. The van der Waals surface area contributed by atoms with E-state index >= 15 is 0 Å². The molecule has 2 amide bonds. The van der Waals surface area contributed by atoms with Gasteiger partial charge in [0.15, 0.2) is 0 Å². The standard InChI is InChI=1S/C9H9N3O8S2/c13-6-4-20-2-1-11(6)9(14)8-5(22(18,19)10-15)3-7(21-8)12(16)17/h3,10,15H,1-2,4H2. The molecule has 13 heteroatoms. The Kier molecular flexibility index (Phi) is 4.52. The summed E-state index contributed by atoms with van der Waals surface area (Å²) in [4.78, 5) is 34.2. The fraction of sp³-hybridized carbons (Fsp3) is 0.333. The number of amides is 2. The fourth-order valence-electron chi connectivity index (χ4n) is 1.71. The Morgan fingerprint density at radius 1 is 1.55 bits per heavy atom. The smallest absolute Gasteiger partial charge is 0.326 e. The van der Waals surface area contributed by atoms with E-state index in [-0.39, 0.29) is 19.8 Å². The monoisotopic (exact) mass is 351 g/mol. The summed E-state index contributed by atoms with van der Waals surface area (Å²) in [6.45, 7) is -0.375. The lowest BCUT2D eigenvalue weighted by Gasteiger charge is -2.24. The SMILES string of the molecule is O=C1COCCN1C(=O)c1sc([N+](=O)[O-])cc1S(=O)(=O)NO. The number of imide groups is 1. The summed E-state index contributed by atoms with van der Waals surface area (Å²) in [5.74, 6) is -1.69. The molecular weight excluding hydrogens is 342 g/mol. The van der Waals surface area contributed by atoms with Crippen molar-refractivity contribution >= 4 is 38.2 Å². The van der Waals surface area contributed by atoms with Gasteiger partial charge in [-0.05, 0) is 0 Å². The van der Waals surface area contributed by atoms with Gasteiger partial charge in [-0.2, -0.15) is 0 Å². The van der Waals surface area contributed by atoms with Crippen molar-refractivity contribution in [2.75, 3.05) is 19.8 Å². The Bertz CT molecular complexity index is 740. The van der Waals surface area contributed by atoms with Gasteiger partial charge in [0.2, 0.25) is 0 Å². The lowest BCUT2D eigenvalue weighted by atomic mass is 10.3. The van der Waals surface area contributed by atoms with E-state index in [4.69, 9.17) is 9.94 Å². The molecule has 0 aromatic carbocycles. The van der Waals surface area contributed by atoms with E-state index in [1.54, 1.807) is 0 Å². The summed E-state index contributed by atoms with van der Waals surface area (Å²) in [6.07, 6.45) is 0. The normalized spacial score (nSPS) is 15.9. The van der Waals surface area contributed by atoms with Crippen molar-refractivity contribution in [1.29, 1.82) is 0 Å². The van der Waals surface area contributed by atoms with Crippen LogP contribution in [0.5, 0.6) is 0 Å². The first-order valence-corrected chi connectivity index (χ1v) is 7.94. The zero-order valence-corrected chi connectivity index (χ0v) is 12.3. The molecule has 0 bridgehead atoms. The average Bonchev–Trinajstić information content (AvgIpc) is 2.93. The maximum atomic E-state index is 12.3. The number of ether oxygens (including phenoxy) is 1. The van der Waals surface area contributed by atoms with Crippen molar-refractivity contribution in [1.82, 2.24) is 9.79 Å². The number of hydrogen-bond acceptors (Lipinski definition) is 9. The molecule has 1 saturated heterocycles. The van der Waals surface area contributed by atoms with Crippen LogP contribution in [0.1, 0.15) is 9.67 Å². The first-order valence-electron chi connectivity index (χ1n) is 5.64. The zero-order chi connectivity index (χ0) is 16.5. The van der Waals surface area contributed by atoms with Gasteiger partial charge in [0.25, 0.3) is 21.8 Å². The van der Waals surface area contributed by atoms with Crippen molar-refractivity contribution in [3.8, 4) is 0 Å². The molecule has 0 radical (unpaired) electrons. The van der Waals surface area contributed by atoms with E-state index in [0.717, 1.165) is 9.79 Å². The van der Waals surface area contributed by atoms with Crippen LogP contribution in [0.3, 0.4) is 0 Å². The maximum Gasteiger partial charge on any atom is 0.326 e. The summed E-state index contributed by atoms with van der Waals surface area (Å²) in [7, 11) is -4.52. The van der Waals surface area contributed by atoms with E-state index in [1.165, 1.54) is 0 Å². The number of nitro groups is 1. The molecule has 1 aliphatic heterocycles. The summed E-state index contributed by atoms with van der Waals surface area (Å²) in [5, 5.41) is 18.8. The van der Waals surface area contributed by atoms with E-state index in [2.05, 4.69) is 0 Å². The Hall–Kier alpha value is -1.93. The molecule has 0 spiro atoms. The van der Waals surface area contributed by atoms with Crippen molar-refractivity contribution in [3.63, 3.8) is 0 Å². The number of thiophene rings is 1. The molecule has 1 aromatic rings. The fourth-order valence-corrected chi connectivity index (χ4v) is 3.75.